The van der Waals surface area contributed by atoms with E-state index < -0.39 is 6.04 Å². The van der Waals surface area contributed by atoms with E-state index in [1.54, 1.807) is 35.5 Å². The molecule has 4 rings (SSSR count). The van der Waals surface area contributed by atoms with Crippen LogP contribution in [-0.2, 0) is 22.6 Å². The highest BCUT2D eigenvalue weighted by molar-refractivity contribution is 7.13. The zero-order chi connectivity index (χ0) is 22.5. The van der Waals surface area contributed by atoms with Crippen LogP contribution in [0.5, 0.6) is 5.75 Å². The van der Waals surface area contributed by atoms with Gasteiger partial charge in [-0.25, -0.2) is 4.98 Å². The number of thiazole rings is 1. The van der Waals surface area contributed by atoms with Crippen molar-refractivity contribution in [2.75, 3.05) is 13.7 Å². The quantitative estimate of drug-likeness (QED) is 0.559. The van der Waals surface area contributed by atoms with Crippen molar-refractivity contribution in [3.8, 4) is 16.3 Å². The zero-order valence-corrected chi connectivity index (χ0v) is 19.3. The lowest BCUT2D eigenvalue weighted by Crippen LogP contribution is -2.46. The van der Waals surface area contributed by atoms with Gasteiger partial charge in [0.25, 0.3) is 0 Å². The number of halogens is 1. The summed E-state index contributed by atoms with van der Waals surface area (Å²) >= 11 is 7.72. The Labute approximate surface area is 196 Å². The summed E-state index contributed by atoms with van der Waals surface area (Å²) in [6.07, 6.45) is 1.66. The van der Waals surface area contributed by atoms with E-state index in [-0.39, 0.29) is 18.2 Å². The summed E-state index contributed by atoms with van der Waals surface area (Å²) in [5.74, 6) is 0.348. The molecule has 1 aromatic heterocycles. The number of nitrogens with one attached hydrogen (secondary N) is 1. The Hall–Kier alpha value is -2.90. The minimum atomic E-state index is -0.455. The second kappa shape index (κ2) is 10.1. The van der Waals surface area contributed by atoms with E-state index in [1.165, 1.54) is 0 Å². The van der Waals surface area contributed by atoms with Gasteiger partial charge in [-0.2, -0.15) is 0 Å². The van der Waals surface area contributed by atoms with E-state index in [0.717, 1.165) is 28.2 Å². The van der Waals surface area contributed by atoms with Crippen molar-refractivity contribution in [2.45, 2.75) is 31.8 Å². The minimum Gasteiger partial charge on any atom is -0.495 e. The molecule has 2 heterocycles. The number of hydrogen-bond acceptors (Lipinski definition) is 5. The molecule has 0 aliphatic carbocycles. The van der Waals surface area contributed by atoms with E-state index in [4.69, 9.17) is 16.3 Å². The van der Waals surface area contributed by atoms with Crippen molar-refractivity contribution in [2.24, 2.45) is 0 Å². The first-order valence-electron chi connectivity index (χ1n) is 10.4. The van der Waals surface area contributed by atoms with Crippen LogP contribution in [0.15, 0.2) is 53.9 Å². The van der Waals surface area contributed by atoms with Gasteiger partial charge in [-0.05, 0) is 30.5 Å². The number of likely N-dealkylation sites (tertiary alicyclic amines) is 1. The number of ether oxygens (including phenoxy) is 1. The Morgan fingerprint density at radius 2 is 2.06 bits per heavy atom. The molecule has 1 aliphatic heterocycles. The molecule has 1 atom stereocenters. The van der Waals surface area contributed by atoms with E-state index in [1.807, 2.05) is 41.8 Å². The van der Waals surface area contributed by atoms with Crippen LogP contribution in [0.1, 0.15) is 24.1 Å². The van der Waals surface area contributed by atoms with Gasteiger partial charge in [-0.1, -0.05) is 48.0 Å². The van der Waals surface area contributed by atoms with Crippen LogP contribution < -0.4 is 10.1 Å². The maximum atomic E-state index is 12.9. The summed E-state index contributed by atoms with van der Waals surface area (Å²) in [5, 5.41) is 6.29. The second-order valence-corrected chi connectivity index (χ2v) is 8.88. The fourth-order valence-electron chi connectivity index (χ4n) is 3.83. The van der Waals surface area contributed by atoms with Gasteiger partial charge in [0.2, 0.25) is 11.8 Å². The van der Waals surface area contributed by atoms with Crippen molar-refractivity contribution in [1.29, 1.82) is 0 Å². The smallest absolute Gasteiger partial charge is 0.243 e. The van der Waals surface area contributed by atoms with Crippen LogP contribution in [0, 0.1) is 0 Å². The number of hydrogen-bond donors (Lipinski definition) is 1. The van der Waals surface area contributed by atoms with Crippen molar-refractivity contribution >= 4 is 34.8 Å². The second-order valence-electron chi connectivity index (χ2n) is 7.62. The molecule has 1 saturated heterocycles. The van der Waals surface area contributed by atoms with Gasteiger partial charge in [0.1, 0.15) is 16.8 Å². The van der Waals surface area contributed by atoms with Gasteiger partial charge in [-0.15, -0.1) is 11.3 Å². The summed E-state index contributed by atoms with van der Waals surface area (Å²) in [6, 6.07) is 14.8. The number of carbonyl (C=O) groups is 2. The standard InChI is InChI=1S/C24H24ClN3O3S/c1-31-21-10-9-16(12-19(21)25)13-22(29)28-11-5-8-20(28)23(30)26-14-18-15-32-24(27-18)17-6-3-2-4-7-17/h2-4,6-7,9-10,12,15,20H,5,8,11,13-14H2,1H3,(H,26,30)/t20-/m1/s1. The van der Waals surface area contributed by atoms with Crippen molar-refractivity contribution in [3.63, 3.8) is 0 Å². The molecule has 1 N–H and O–H groups in total. The molecule has 0 spiro atoms. The van der Waals surface area contributed by atoms with Crippen molar-refractivity contribution < 1.29 is 14.3 Å². The number of amides is 2. The lowest BCUT2D eigenvalue weighted by atomic mass is 10.1. The third-order valence-corrected chi connectivity index (χ3v) is 6.70. The predicted molar refractivity (Wildman–Crippen MR) is 126 cm³/mol. The first kappa shape index (κ1) is 22.3. The highest BCUT2D eigenvalue weighted by atomic mass is 35.5. The van der Waals surface area contributed by atoms with Gasteiger partial charge >= 0.3 is 0 Å². The Balaban J connectivity index is 1.34. The molecular formula is C24H24ClN3O3S. The van der Waals surface area contributed by atoms with Crippen molar-refractivity contribution in [1.82, 2.24) is 15.2 Å². The van der Waals surface area contributed by atoms with Crippen LogP contribution >= 0.6 is 22.9 Å². The van der Waals surface area contributed by atoms with Gasteiger partial charge in [0.15, 0.2) is 0 Å². The molecule has 3 aromatic rings. The number of benzene rings is 2. The summed E-state index contributed by atoms with van der Waals surface area (Å²) < 4.78 is 5.16. The summed E-state index contributed by atoms with van der Waals surface area (Å²) in [4.78, 5) is 32.0. The summed E-state index contributed by atoms with van der Waals surface area (Å²) in [5.41, 5.74) is 2.66. The van der Waals surface area contributed by atoms with Gasteiger partial charge in [-0.3, -0.25) is 9.59 Å². The Bertz CT molecular complexity index is 1100. The number of rotatable bonds is 7. The molecule has 6 nitrogen and oxygen atoms in total. The molecule has 2 amide bonds. The summed E-state index contributed by atoms with van der Waals surface area (Å²) in [6.45, 7) is 0.921. The molecule has 1 aliphatic rings. The predicted octanol–water partition coefficient (Wildman–Crippen LogP) is 4.32. The first-order chi connectivity index (χ1) is 15.5. The maximum absolute atomic E-state index is 12.9. The topological polar surface area (TPSA) is 71.5 Å². The molecule has 0 radical (unpaired) electrons. The number of carbonyl (C=O) groups excluding carboxylic acids is 2. The highest BCUT2D eigenvalue weighted by Crippen LogP contribution is 2.26. The molecule has 0 bridgehead atoms. The lowest BCUT2D eigenvalue weighted by molar-refractivity contribution is -0.138. The minimum absolute atomic E-state index is 0.0797. The largest absolute Gasteiger partial charge is 0.495 e. The SMILES string of the molecule is COc1ccc(CC(=O)N2CCC[C@@H]2C(=O)NCc2csc(-c3ccccc3)n2)cc1Cl. The van der Waals surface area contributed by atoms with Crippen LogP contribution in [0.2, 0.25) is 5.02 Å². The fourth-order valence-corrected chi connectivity index (χ4v) is 4.94. The fraction of sp³-hybridized carbons (Fsp3) is 0.292. The molecular weight excluding hydrogens is 446 g/mol. The van der Waals surface area contributed by atoms with Crippen LogP contribution in [0.4, 0.5) is 0 Å². The van der Waals surface area contributed by atoms with E-state index in [0.29, 0.717) is 30.3 Å². The van der Waals surface area contributed by atoms with Gasteiger partial charge < -0.3 is 15.0 Å². The van der Waals surface area contributed by atoms with Crippen LogP contribution in [0.3, 0.4) is 0 Å². The van der Waals surface area contributed by atoms with Gasteiger partial charge in [0.05, 0.1) is 30.8 Å². The van der Waals surface area contributed by atoms with Crippen LogP contribution in [0.25, 0.3) is 10.6 Å². The van der Waals surface area contributed by atoms with E-state index in [9.17, 15) is 9.59 Å². The molecule has 2 aromatic carbocycles. The summed E-state index contributed by atoms with van der Waals surface area (Å²) in [7, 11) is 1.55. The van der Waals surface area contributed by atoms with Crippen molar-refractivity contribution in [3.05, 3.63) is 70.2 Å². The molecule has 8 heteroatoms. The van der Waals surface area contributed by atoms with Gasteiger partial charge in [0, 0.05) is 17.5 Å². The lowest BCUT2D eigenvalue weighted by Gasteiger charge is -2.24. The molecule has 0 unspecified atom stereocenters. The van der Waals surface area contributed by atoms with E-state index >= 15 is 0 Å². The first-order valence-corrected chi connectivity index (χ1v) is 11.7. The average Bonchev–Trinajstić information content (AvgIpc) is 3.48. The Morgan fingerprint density at radius 1 is 1.25 bits per heavy atom. The monoisotopic (exact) mass is 469 g/mol. The third-order valence-electron chi connectivity index (χ3n) is 5.46. The molecule has 0 saturated carbocycles. The Kier molecular flexibility index (Phi) is 7.07. The normalized spacial score (nSPS) is 15.6. The molecule has 166 valence electrons. The molecule has 1 fully saturated rings. The molecule has 32 heavy (non-hydrogen) atoms. The third kappa shape index (κ3) is 5.11. The van der Waals surface area contributed by atoms with Crippen LogP contribution in [-0.4, -0.2) is 41.4 Å². The number of nitrogens with zero attached hydrogens (tertiary/aromatic N) is 2. The maximum Gasteiger partial charge on any atom is 0.243 e. The Morgan fingerprint density at radius 3 is 2.81 bits per heavy atom. The highest BCUT2D eigenvalue weighted by Gasteiger charge is 2.33. The van der Waals surface area contributed by atoms with E-state index in [2.05, 4.69) is 10.3 Å². The average molecular weight is 470 g/mol. The number of aromatic nitrogens is 1. The number of methoxy groups -OCH3 is 1. The zero-order valence-electron chi connectivity index (χ0n) is 17.7.